The van der Waals surface area contributed by atoms with Crippen molar-refractivity contribution in [1.82, 2.24) is 10.1 Å². The van der Waals surface area contributed by atoms with Crippen LogP contribution in [0, 0.1) is 5.82 Å². The molecule has 1 aromatic heterocycles. The Bertz CT molecular complexity index is 600. The second-order valence-corrected chi connectivity index (χ2v) is 4.60. The monoisotopic (exact) mass is 280 g/mol. The molecule has 2 aromatic rings. The zero-order chi connectivity index (χ0) is 14.8. The smallest absolute Gasteiger partial charge is 0.261 e. The van der Waals surface area contributed by atoms with E-state index < -0.39 is 11.4 Å². The zero-order valence-corrected chi connectivity index (χ0v) is 11.7. The largest absolute Gasteiger partial charge is 0.507 e. The van der Waals surface area contributed by atoms with Crippen molar-refractivity contribution in [2.24, 2.45) is 0 Å². The average molecular weight is 280 g/mol. The van der Waals surface area contributed by atoms with Gasteiger partial charge in [-0.1, -0.05) is 12.1 Å². The van der Waals surface area contributed by atoms with Gasteiger partial charge in [-0.05, 0) is 38.5 Å². The summed E-state index contributed by atoms with van der Waals surface area (Å²) in [5, 5.41) is 13.6. The van der Waals surface area contributed by atoms with Gasteiger partial charge in [0.25, 0.3) is 5.89 Å². The van der Waals surface area contributed by atoms with Gasteiger partial charge in [-0.15, -0.1) is 0 Å². The Morgan fingerprint density at radius 3 is 2.80 bits per heavy atom. The van der Waals surface area contributed by atoms with Crippen LogP contribution < -0.4 is 0 Å². The highest BCUT2D eigenvalue weighted by Gasteiger charge is 2.31. The van der Waals surface area contributed by atoms with Crippen molar-refractivity contribution in [3.63, 3.8) is 0 Å². The fraction of sp³-hybridized carbons (Fsp3) is 0.429. The number of aromatic hydroxyl groups is 1. The van der Waals surface area contributed by atoms with Crippen LogP contribution in [0.3, 0.4) is 0 Å². The molecule has 1 aromatic carbocycles. The SMILES string of the molecule is CCOC(C)(CC)c1noc(-c2cc(F)ccc2O)n1. The van der Waals surface area contributed by atoms with Crippen molar-refractivity contribution < 1.29 is 18.8 Å². The van der Waals surface area contributed by atoms with Crippen LogP contribution in [0.2, 0.25) is 0 Å². The van der Waals surface area contributed by atoms with Crippen molar-refractivity contribution in [3.05, 3.63) is 29.8 Å². The number of aromatic nitrogens is 2. The number of nitrogens with zero attached hydrogens (tertiary/aromatic N) is 2. The molecule has 1 N–H and O–H groups in total. The average Bonchev–Trinajstić information content (AvgIpc) is 2.92. The van der Waals surface area contributed by atoms with Crippen LogP contribution in [-0.2, 0) is 10.3 Å². The third-order valence-corrected chi connectivity index (χ3v) is 3.23. The molecule has 1 heterocycles. The Hall–Kier alpha value is -1.95. The van der Waals surface area contributed by atoms with Gasteiger partial charge >= 0.3 is 0 Å². The van der Waals surface area contributed by atoms with E-state index >= 15 is 0 Å². The Labute approximate surface area is 116 Å². The minimum atomic E-state index is -0.667. The van der Waals surface area contributed by atoms with Crippen molar-refractivity contribution in [2.75, 3.05) is 6.61 Å². The van der Waals surface area contributed by atoms with Gasteiger partial charge in [0.15, 0.2) is 0 Å². The van der Waals surface area contributed by atoms with Gasteiger partial charge in [-0.3, -0.25) is 0 Å². The number of benzene rings is 1. The van der Waals surface area contributed by atoms with Crippen LogP contribution in [0.5, 0.6) is 5.75 Å². The fourth-order valence-electron chi connectivity index (χ4n) is 1.87. The third-order valence-electron chi connectivity index (χ3n) is 3.23. The zero-order valence-electron chi connectivity index (χ0n) is 11.7. The van der Waals surface area contributed by atoms with Crippen LogP contribution in [0.15, 0.2) is 22.7 Å². The number of phenols is 1. The summed E-state index contributed by atoms with van der Waals surface area (Å²) in [6, 6.07) is 3.55. The van der Waals surface area contributed by atoms with Crippen LogP contribution in [0.1, 0.15) is 33.0 Å². The number of rotatable bonds is 5. The predicted molar refractivity (Wildman–Crippen MR) is 70.6 cm³/mol. The molecule has 20 heavy (non-hydrogen) atoms. The highest BCUT2D eigenvalue weighted by atomic mass is 19.1. The number of hydrogen-bond donors (Lipinski definition) is 1. The van der Waals surface area contributed by atoms with E-state index in [4.69, 9.17) is 9.26 Å². The highest BCUT2D eigenvalue weighted by molar-refractivity contribution is 5.61. The summed E-state index contributed by atoms with van der Waals surface area (Å²) in [5.41, 5.74) is -0.502. The highest BCUT2D eigenvalue weighted by Crippen LogP contribution is 2.32. The first-order valence-corrected chi connectivity index (χ1v) is 6.47. The van der Waals surface area contributed by atoms with Gasteiger partial charge < -0.3 is 14.4 Å². The van der Waals surface area contributed by atoms with E-state index in [1.807, 2.05) is 20.8 Å². The normalized spacial score (nSPS) is 14.2. The summed E-state index contributed by atoms with van der Waals surface area (Å²) in [5.74, 6) is -0.159. The van der Waals surface area contributed by atoms with Gasteiger partial charge in [0, 0.05) is 6.61 Å². The summed E-state index contributed by atoms with van der Waals surface area (Å²) >= 11 is 0. The van der Waals surface area contributed by atoms with E-state index in [1.165, 1.54) is 6.07 Å². The Balaban J connectivity index is 2.40. The molecule has 0 aliphatic carbocycles. The summed E-state index contributed by atoms with van der Waals surface area (Å²) in [6.07, 6.45) is 0.662. The van der Waals surface area contributed by atoms with Crippen molar-refractivity contribution in [2.45, 2.75) is 32.8 Å². The van der Waals surface area contributed by atoms with Gasteiger partial charge in [-0.2, -0.15) is 4.98 Å². The first-order chi connectivity index (χ1) is 9.50. The number of hydrogen-bond acceptors (Lipinski definition) is 5. The number of phenolic OH excluding ortho intramolecular Hbond substituents is 1. The molecule has 0 aliphatic rings. The molecular formula is C14H17FN2O3. The maximum absolute atomic E-state index is 13.2. The quantitative estimate of drug-likeness (QED) is 0.910. The van der Waals surface area contributed by atoms with Crippen LogP contribution in [-0.4, -0.2) is 21.9 Å². The lowest BCUT2D eigenvalue weighted by Crippen LogP contribution is -2.26. The van der Waals surface area contributed by atoms with E-state index in [0.717, 1.165) is 12.1 Å². The second-order valence-electron chi connectivity index (χ2n) is 4.60. The fourth-order valence-corrected chi connectivity index (χ4v) is 1.87. The lowest BCUT2D eigenvalue weighted by Gasteiger charge is -2.23. The van der Waals surface area contributed by atoms with Gasteiger partial charge in [-0.25, -0.2) is 4.39 Å². The predicted octanol–water partition coefficient (Wildman–Crippen LogP) is 3.24. The minimum absolute atomic E-state index is 0.0661. The first-order valence-electron chi connectivity index (χ1n) is 6.47. The molecule has 5 nitrogen and oxygen atoms in total. The van der Waals surface area contributed by atoms with Crippen molar-refractivity contribution >= 4 is 0 Å². The second kappa shape index (κ2) is 5.58. The molecule has 0 bridgehead atoms. The summed E-state index contributed by atoms with van der Waals surface area (Å²) in [6.45, 7) is 6.20. The Morgan fingerprint density at radius 2 is 2.15 bits per heavy atom. The molecule has 0 saturated carbocycles. The lowest BCUT2D eigenvalue weighted by molar-refractivity contribution is -0.0403. The first kappa shape index (κ1) is 14.5. The molecule has 2 rings (SSSR count). The Morgan fingerprint density at radius 1 is 1.40 bits per heavy atom. The van der Waals surface area contributed by atoms with Crippen LogP contribution in [0.25, 0.3) is 11.5 Å². The van der Waals surface area contributed by atoms with Crippen LogP contribution >= 0.6 is 0 Å². The van der Waals surface area contributed by atoms with Gasteiger partial charge in [0.1, 0.15) is 17.2 Å². The van der Waals surface area contributed by atoms with E-state index in [-0.39, 0.29) is 17.2 Å². The number of halogens is 1. The van der Waals surface area contributed by atoms with Crippen molar-refractivity contribution in [1.29, 1.82) is 0 Å². The minimum Gasteiger partial charge on any atom is -0.507 e. The molecule has 1 atom stereocenters. The van der Waals surface area contributed by atoms with E-state index in [1.54, 1.807) is 0 Å². The Kier molecular flexibility index (Phi) is 4.04. The molecule has 0 amide bonds. The third kappa shape index (κ3) is 2.65. The summed E-state index contributed by atoms with van der Waals surface area (Å²) in [4.78, 5) is 4.21. The molecule has 0 spiro atoms. The topological polar surface area (TPSA) is 68.4 Å². The molecule has 0 fully saturated rings. The molecule has 0 aliphatic heterocycles. The molecule has 0 radical (unpaired) electrons. The summed E-state index contributed by atoms with van der Waals surface area (Å²) < 4.78 is 24.0. The molecule has 108 valence electrons. The lowest BCUT2D eigenvalue weighted by atomic mass is 10.0. The van der Waals surface area contributed by atoms with Crippen LogP contribution in [0.4, 0.5) is 4.39 Å². The molecule has 6 heteroatoms. The van der Waals surface area contributed by atoms with Crippen molar-refractivity contribution in [3.8, 4) is 17.2 Å². The van der Waals surface area contributed by atoms with Gasteiger partial charge in [0.2, 0.25) is 5.82 Å². The number of ether oxygens (including phenoxy) is 1. The van der Waals surface area contributed by atoms with E-state index in [2.05, 4.69) is 10.1 Å². The standard InChI is InChI=1S/C14H17FN2O3/c1-4-14(3,19-5-2)13-16-12(20-17-13)10-8-9(15)6-7-11(10)18/h6-8,18H,4-5H2,1-3H3. The van der Waals surface area contributed by atoms with Gasteiger partial charge in [0.05, 0.1) is 5.56 Å². The molecular weight excluding hydrogens is 263 g/mol. The maximum Gasteiger partial charge on any atom is 0.261 e. The summed E-state index contributed by atoms with van der Waals surface area (Å²) in [7, 11) is 0. The van der Waals surface area contributed by atoms with E-state index in [0.29, 0.717) is 18.9 Å². The molecule has 1 unspecified atom stereocenters. The van der Waals surface area contributed by atoms with E-state index in [9.17, 15) is 9.50 Å². The molecule has 0 saturated heterocycles. The maximum atomic E-state index is 13.2.